The summed E-state index contributed by atoms with van der Waals surface area (Å²) in [4.78, 5) is 4.64. The molecule has 2 nitrogen and oxygen atoms in total. The third kappa shape index (κ3) is 3.75. The van der Waals surface area contributed by atoms with Crippen LogP contribution in [0.25, 0.3) is 22.2 Å². The van der Waals surface area contributed by atoms with Gasteiger partial charge in [0.25, 0.3) is 0 Å². The molecule has 4 rings (SSSR count). The molecule has 1 heterocycles. The first-order chi connectivity index (χ1) is 11.7. The van der Waals surface area contributed by atoms with Crippen molar-refractivity contribution in [3.8, 4) is 11.1 Å². The number of aromatic nitrogens is 2. The van der Waals surface area contributed by atoms with Crippen LogP contribution in [0, 0.1) is 6.92 Å². The van der Waals surface area contributed by atoms with Gasteiger partial charge in [-0.15, -0.1) is 0 Å². The molecule has 25 heavy (non-hydrogen) atoms. The van der Waals surface area contributed by atoms with E-state index in [1.165, 1.54) is 22.2 Å². The molecule has 0 saturated heterocycles. The van der Waals surface area contributed by atoms with Gasteiger partial charge >= 0.3 is 29.6 Å². The molecule has 0 amide bonds. The largest absolute Gasteiger partial charge is 1.00 e. The maximum atomic E-state index is 4.64. The Kier molecular flexibility index (Phi) is 5.80. The number of hydrogen-bond acceptors (Lipinski definition) is 1. The van der Waals surface area contributed by atoms with Gasteiger partial charge in [-0.1, -0.05) is 70.5 Å². The van der Waals surface area contributed by atoms with Gasteiger partial charge in [-0.2, -0.15) is 0 Å². The van der Waals surface area contributed by atoms with E-state index >= 15 is 0 Å². The zero-order chi connectivity index (χ0) is 16.5. The second-order valence-electron chi connectivity index (χ2n) is 5.91. The van der Waals surface area contributed by atoms with Crippen LogP contribution in [0.15, 0.2) is 77.3 Å². The van der Waals surface area contributed by atoms with Gasteiger partial charge in [0.1, 0.15) is 5.82 Å². The predicted molar refractivity (Wildman–Crippen MR) is 104 cm³/mol. The van der Waals surface area contributed by atoms with E-state index in [1.807, 2.05) is 12.1 Å². The average molecular weight is 401 g/mol. The summed E-state index contributed by atoms with van der Waals surface area (Å²) in [6.07, 6.45) is 0. The molecule has 120 valence electrons. The Morgan fingerprint density at radius 2 is 1.60 bits per heavy atom. The van der Waals surface area contributed by atoms with Crippen LogP contribution >= 0.6 is 15.9 Å². The normalized spacial score (nSPS) is 10.6. The van der Waals surface area contributed by atoms with Gasteiger partial charge < -0.3 is 5.99 Å². The SMILES string of the molecule is Cc1nc2ccccc2n1Cc1ccc(-c2ccccc2Br)cc1.[H-].[Na+]. The number of hydrogen-bond donors (Lipinski definition) is 0. The molecule has 0 aliphatic carbocycles. The number of fused-ring (bicyclic) bond motifs is 1. The fourth-order valence-electron chi connectivity index (χ4n) is 3.06. The van der Waals surface area contributed by atoms with Crippen LogP contribution in [0.1, 0.15) is 12.8 Å². The Morgan fingerprint density at radius 3 is 2.36 bits per heavy atom. The molecule has 0 fully saturated rings. The fourth-order valence-corrected chi connectivity index (χ4v) is 3.58. The van der Waals surface area contributed by atoms with Crippen molar-refractivity contribution >= 4 is 27.0 Å². The molecule has 0 radical (unpaired) electrons. The Bertz CT molecular complexity index is 1010. The summed E-state index contributed by atoms with van der Waals surface area (Å²) in [5.41, 5.74) is 5.95. The van der Waals surface area contributed by atoms with E-state index in [1.54, 1.807) is 0 Å². The van der Waals surface area contributed by atoms with Crippen molar-refractivity contribution in [1.29, 1.82) is 0 Å². The molecule has 0 bridgehead atoms. The van der Waals surface area contributed by atoms with Crippen molar-refractivity contribution in [2.75, 3.05) is 0 Å². The molecule has 4 aromatic rings. The minimum atomic E-state index is 0. The van der Waals surface area contributed by atoms with Crippen LogP contribution in [0.4, 0.5) is 0 Å². The molecule has 0 atom stereocenters. The standard InChI is InChI=1S/C21H17BrN2.Na.H/c1-15-23-20-8-4-5-9-21(20)24(15)14-16-10-12-17(13-11-16)18-6-2-3-7-19(18)22;;/h2-13H,14H2,1H3;;/q;+1;-1. The summed E-state index contributed by atoms with van der Waals surface area (Å²) in [5, 5.41) is 0. The Labute approximate surface area is 179 Å². The maximum Gasteiger partial charge on any atom is 1.00 e. The molecule has 0 saturated carbocycles. The minimum Gasteiger partial charge on any atom is -1.00 e. The molecule has 0 unspecified atom stereocenters. The van der Waals surface area contributed by atoms with E-state index in [4.69, 9.17) is 0 Å². The number of para-hydroxylation sites is 2. The summed E-state index contributed by atoms with van der Waals surface area (Å²) >= 11 is 3.62. The molecule has 3 aromatic carbocycles. The van der Waals surface area contributed by atoms with Crippen LogP contribution in [-0.2, 0) is 6.54 Å². The second-order valence-corrected chi connectivity index (χ2v) is 6.76. The number of aryl methyl sites for hydroxylation is 1. The number of benzene rings is 3. The summed E-state index contributed by atoms with van der Waals surface area (Å²) in [6.45, 7) is 2.90. The van der Waals surface area contributed by atoms with Gasteiger partial charge in [-0.05, 0) is 41.8 Å². The summed E-state index contributed by atoms with van der Waals surface area (Å²) in [5.74, 6) is 1.05. The summed E-state index contributed by atoms with van der Waals surface area (Å²) in [7, 11) is 0. The maximum absolute atomic E-state index is 4.64. The fraction of sp³-hybridized carbons (Fsp3) is 0.0952. The van der Waals surface area contributed by atoms with E-state index < -0.39 is 0 Å². The van der Waals surface area contributed by atoms with E-state index in [2.05, 4.69) is 93.1 Å². The van der Waals surface area contributed by atoms with Crippen molar-refractivity contribution in [3.05, 3.63) is 88.7 Å². The molecular weight excluding hydrogens is 383 g/mol. The van der Waals surface area contributed by atoms with Crippen LogP contribution < -0.4 is 29.6 Å². The van der Waals surface area contributed by atoms with Crippen molar-refractivity contribution in [1.82, 2.24) is 9.55 Å². The van der Waals surface area contributed by atoms with Crippen molar-refractivity contribution in [2.45, 2.75) is 13.5 Å². The topological polar surface area (TPSA) is 17.8 Å². The first kappa shape index (κ1) is 18.4. The molecule has 1 aromatic heterocycles. The number of halogens is 1. The van der Waals surface area contributed by atoms with Gasteiger partial charge in [0.15, 0.2) is 0 Å². The number of imidazole rings is 1. The molecule has 0 N–H and O–H groups in total. The van der Waals surface area contributed by atoms with E-state index in [9.17, 15) is 0 Å². The van der Waals surface area contributed by atoms with Gasteiger partial charge in [0.05, 0.1) is 11.0 Å². The van der Waals surface area contributed by atoms with Gasteiger partial charge in [-0.3, -0.25) is 0 Å². The zero-order valence-electron chi connectivity index (χ0n) is 15.4. The Balaban J connectivity index is 0.00000121. The van der Waals surface area contributed by atoms with Crippen molar-refractivity contribution < 1.29 is 31.0 Å². The summed E-state index contributed by atoms with van der Waals surface area (Å²) in [6, 6.07) is 25.4. The van der Waals surface area contributed by atoms with E-state index in [0.29, 0.717) is 0 Å². The monoisotopic (exact) mass is 400 g/mol. The predicted octanol–water partition coefficient (Wildman–Crippen LogP) is 2.94. The molecule has 0 aliphatic rings. The van der Waals surface area contributed by atoms with Gasteiger partial charge in [0, 0.05) is 11.0 Å². The van der Waals surface area contributed by atoms with E-state index in [-0.39, 0.29) is 31.0 Å². The van der Waals surface area contributed by atoms with Gasteiger partial charge in [0.2, 0.25) is 0 Å². The quantitative estimate of drug-likeness (QED) is 0.483. The van der Waals surface area contributed by atoms with Crippen LogP contribution in [0.3, 0.4) is 0 Å². The van der Waals surface area contributed by atoms with Crippen LogP contribution in [-0.4, -0.2) is 9.55 Å². The first-order valence-corrected chi connectivity index (χ1v) is 8.77. The molecule has 0 spiro atoms. The molecule has 4 heteroatoms. The zero-order valence-corrected chi connectivity index (χ0v) is 18.0. The first-order valence-electron chi connectivity index (χ1n) is 7.98. The minimum absolute atomic E-state index is 0. The van der Waals surface area contributed by atoms with Crippen LogP contribution in [0.5, 0.6) is 0 Å². The second kappa shape index (κ2) is 7.88. The third-order valence-electron chi connectivity index (χ3n) is 4.32. The number of nitrogens with zero attached hydrogens (tertiary/aromatic N) is 2. The van der Waals surface area contributed by atoms with Crippen molar-refractivity contribution in [3.63, 3.8) is 0 Å². The smallest absolute Gasteiger partial charge is 1.00 e. The van der Waals surface area contributed by atoms with Gasteiger partial charge in [-0.25, -0.2) is 4.98 Å². The Morgan fingerprint density at radius 1 is 0.920 bits per heavy atom. The Hall–Kier alpha value is -1.39. The average Bonchev–Trinajstić information content (AvgIpc) is 2.92. The van der Waals surface area contributed by atoms with Crippen molar-refractivity contribution in [2.24, 2.45) is 0 Å². The molecular formula is C21H18BrN2Na. The third-order valence-corrected chi connectivity index (χ3v) is 5.02. The van der Waals surface area contributed by atoms with Crippen LogP contribution in [0.2, 0.25) is 0 Å². The molecule has 0 aliphatic heterocycles. The van der Waals surface area contributed by atoms with E-state index in [0.717, 1.165) is 22.4 Å². The summed E-state index contributed by atoms with van der Waals surface area (Å²) < 4.78 is 3.39. The number of rotatable bonds is 3.